The molecule has 0 spiro atoms. The predicted octanol–water partition coefficient (Wildman–Crippen LogP) is 1.06. The van der Waals surface area contributed by atoms with Crippen LogP contribution in [0.4, 0.5) is 4.79 Å². The summed E-state index contributed by atoms with van der Waals surface area (Å²) in [6.45, 7) is 3.90. The Hall–Kier alpha value is -1.43. The molecule has 2 rings (SSSR count). The summed E-state index contributed by atoms with van der Waals surface area (Å²) in [4.78, 5) is 28.2. The number of thiazole rings is 1. The van der Waals surface area contributed by atoms with Gasteiger partial charge in [0.25, 0.3) is 0 Å². The van der Waals surface area contributed by atoms with Gasteiger partial charge >= 0.3 is 6.03 Å². The number of hydrogen-bond donors (Lipinski definition) is 1. The van der Waals surface area contributed by atoms with Crippen LogP contribution in [0.3, 0.4) is 0 Å². The lowest BCUT2D eigenvalue weighted by molar-refractivity contribution is -0.118. The molecule has 2 heterocycles. The first kappa shape index (κ1) is 10.1. The minimum atomic E-state index is -0.333. The number of nitrogens with one attached hydrogen (secondary N) is 1. The zero-order valence-corrected chi connectivity index (χ0v) is 9.30. The number of carbonyl (C=O) groups excluding carboxylic acids is 2. The Labute approximate surface area is 91.1 Å². The van der Waals surface area contributed by atoms with Crippen LogP contribution in [-0.4, -0.2) is 28.4 Å². The molecule has 1 unspecified atom stereocenters. The second-order valence-electron chi connectivity index (χ2n) is 3.48. The summed E-state index contributed by atoms with van der Waals surface area (Å²) in [5.74, 6) is -0.250. The Morgan fingerprint density at radius 2 is 2.33 bits per heavy atom. The molecule has 0 bridgehead atoms. The fourth-order valence-electron chi connectivity index (χ4n) is 1.47. The molecule has 80 valence electrons. The highest BCUT2D eigenvalue weighted by molar-refractivity contribution is 7.09. The van der Waals surface area contributed by atoms with E-state index in [1.165, 1.54) is 16.2 Å². The molecule has 1 aliphatic heterocycles. The van der Waals surface area contributed by atoms with Crippen molar-refractivity contribution < 1.29 is 9.59 Å². The van der Waals surface area contributed by atoms with E-state index in [-0.39, 0.29) is 24.5 Å². The lowest BCUT2D eigenvalue weighted by Gasteiger charge is -2.19. The quantitative estimate of drug-likeness (QED) is 0.766. The normalized spacial score (nSPS) is 18.1. The first-order valence-electron chi connectivity index (χ1n) is 4.60. The van der Waals surface area contributed by atoms with Crippen LogP contribution >= 0.6 is 11.3 Å². The summed E-state index contributed by atoms with van der Waals surface area (Å²) in [5.41, 5.74) is 0.938. The highest BCUT2D eigenvalue weighted by Crippen LogP contribution is 2.24. The maximum atomic E-state index is 11.4. The van der Waals surface area contributed by atoms with Crippen molar-refractivity contribution in [2.24, 2.45) is 0 Å². The molecule has 15 heavy (non-hydrogen) atoms. The number of rotatable bonds is 2. The number of carbonyl (C=O) groups is 2. The molecule has 6 heteroatoms. The maximum absolute atomic E-state index is 11.4. The average Bonchev–Trinajstić information content (AvgIpc) is 2.71. The summed E-state index contributed by atoms with van der Waals surface area (Å²) < 4.78 is 0. The summed E-state index contributed by atoms with van der Waals surface area (Å²) in [6.07, 6.45) is 0. The molecule has 1 fully saturated rings. The second kappa shape index (κ2) is 3.62. The third kappa shape index (κ3) is 1.85. The fraction of sp³-hybridized carbons (Fsp3) is 0.444. The molecule has 1 N–H and O–H groups in total. The predicted molar refractivity (Wildman–Crippen MR) is 55.5 cm³/mol. The number of aryl methyl sites for hydroxylation is 1. The van der Waals surface area contributed by atoms with E-state index >= 15 is 0 Å². The maximum Gasteiger partial charge on any atom is 0.325 e. The van der Waals surface area contributed by atoms with Crippen LogP contribution in [0.2, 0.25) is 0 Å². The third-order valence-corrected chi connectivity index (χ3v) is 3.42. The van der Waals surface area contributed by atoms with Gasteiger partial charge in [-0.3, -0.25) is 10.1 Å². The highest BCUT2D eigenvalue weighted by atomic mass is 32.1. The minimum absolute atomic E-state index is 0.124. The van der Waals surface area contributed by atoms with E-state index in [4.69, 9.17) is 0 Å². The van der Waals surface area contributed by atoms with Gasteiger partial charge in [-0.15, -0.1) is 11.3 Å². The van der Waals surface area contributed by atoms with Crippen molar-refractivity contribution in [1.29, 1.82) is 0 Å². The van der Waals surface area contributed by atoms with Gasteiger partial charge in [-0.1, -0.05) is 0 Å². The van der Waals surface area contributed by atoms with E-state index in [0.717, 1.165) is 10.7 Å². The van der Waals surface area contributed by atoms with Crippen LogP contribution in [0.5, 0.6) is 0 Å². The Bertz CT molecular complexity index is 415. The zero-order valence-electron chi connectivity index (χ0n) is 8.48. The van der Waals surface area contributed by atoms with Gasteiger partial charge in [0.1, 0.15) is 11.6 Å². The lowest BCUT2D eigenvalue weighted by atomic mass is 10.3. The largest absolute Gasteiger partial charge is 0.325 e. The van der Waals surface area contributed by atoms with Crippen LogP contribution < -0.4 is 5.32 Å². The van der Waals surface area contributed by atoms with Gasteiger partial charge in [-0.2, -0.15) is 0 Å². The first-order valence-corrected chi connectivity index (χ1v) is 5.48. The average molecular weight is 225 g/mol. The van der Waals surface area contributed by atoms with E-state index < -0.39 is 0 Å². The van der Waals surface area contributed by atoms with Gasteiger partial charge in [0, 0.05) is 11.1 Å². The van der Waals surface area contributed by atoms with Crippen LogP contribution in [0.1, 0.15) is 23.7 Å². The van der Waals surface area contributed by atoms with Gasteiger partial charge < -0.3 is 4.90 Å². The number of amides is 3. The van der Waals surface area contributed by atoms with Crippen molar-refractivity contribution in [3.05, 3.63) is 16.1 Å². The van der Waals surface area contributed by atoms with Gasteiger partial charge in [0.2, 0.25) is 5.91 Å². The van der Waals surface area contributed by atoms with Crippen molar-refractivity contribution in [3.63, 3.8) is 0 Å². The molecule has 0 radical (unpaired) electrons. The number of aromatic nitrogens is 1. The standard InChI is InChI=1S/C9H11N3O2S/c1-5-4-15-8(10-5)6(2)12-3-7(13)11-9(12)14/h4,6H,3H2,1-2H3,(H,11,13,14). The number of urea groups is 1. The number of hydrogen-bond acceptors (Lipinski definition) is 4. The summed E-state index contributed by atoms with van der Waals surface area (Å²) in [5, 5.41) is 5.04. The van der Waals surface area contributed by atoms with Crippen molar-refractivity contribution >= 4 is 23.3 Å². The Morgan fingerprint density at radius 3 is 2.80 bits per heavy atom. The fourth-order valence-corrected chi connectivity index (χ4v) is 2.33. The molecule has 1 aliphatic rings. The van der Waals surface area contributed by atoms with Crippen molar-refractivity contribution in [1.82, 2.24) is 15.2 Å². The molecule has 1 aromatic rings. The zero-order chi connectivity index (χ0) is 11.0. The summed E-state index contributed by atoms with van der Waals surface area (Å²) in [7, 11) is 0. The molecule has 5 nitrogen and oxygen atoms in total. The third-order valence-electron chi connectivity index (χ3n) is 2.28. The Balaban J connectivity index is 2.18. The molecule has 0 saturated carbocycles. The Kier molecular flexibility index (Phi) is 2.44. The lowest BCUT2D eigenvalue weighted by Crippen LogP contribution is -2.30. The molecular weight excluding hydrogens is 214 g/mol. The van der Waals surface area contributed by atoms with Gasteiger partial charge in [0.15, 0.2) is 0 Å². The molecule has 1 saturated heterocycles. The Morgan fingerprint density at radius 1 is 1.60 bits per heavy atom. The first-order chi connectivity index (χ1) is 7.08. The van der Waals surface area contributed by atoms with Gasteiger partial charge in [-0.25, -0.2) is 9.78 Å². The number of imide groups is 1. The molecule has 1 atom stereocenters. The van der Waals surface area contributed by atoms with Crippen LogP contribution in [0, 0.1) is 6.92 Å². The van der Waals surface area contributed by atoms with Gasteiger partial charge in [0.05, 0.1) is 6.04 Å². The van der Waals surface area contributed by atoms with Crippen molar-refractivity contribution in [2.75, 3.05) is 6.54 Å². The topological polar surface area (TPSA) is 62.3 Å². The second-order valence-corrected chi connectivity index (χ2v) is 4.37. The molecule has 0 aromatic carbocycles. The number of nitrogens with zero attached hydrogens (tertiary/aromatic N) is 2. The van der Waals surface area contributed by atoms with Crippen molar-refractivity contribution in [3.8, 4) is 0 Å². The highest BCUT2D eigenvalue weighted by Gasteiger charge is 2.32. The van der Waals surface area contributed by atoms with Crippen LogP contribution in [0.25, 0.3) is 0 Å². The van der Waals surface area contributed by atoms with E-state index in [1.54, 1.807) is 0 Å². The molecule has 0 aliphatic carbocycles. The smallest absolute Gasteiger partial charge is 0.306 e. The monoisotopic (exact) mass is 225 g/mol. The van der Waals surface area contributed by atoms with Crippen LogP contribution in [0.15, 0.2) is 5.38 Å². The summed E-state index contributed by atoms with van der Waals surface area (Å²) in [6, 6.07) is -0.476. The van der Waals surface area contributed by atoms with E-state index in [9.17, 15) is 9.59 Å². The molecular formula is C9H11N3O2S. The van der Waals surface area contributed by atoms with Crippen molar-refractivity contribution in [2.45, 2.75) is 19.9 Å². The van der Waals surface area contributed by atoms with Gasteiger partial charge in [-0.05, 0) is 13.8 Å². The van der Waals surface area contributed by atoms with E-state index in [1.807, 2.05) is 19.2 Å². The van der Waals surface area contributed by atoms with E-state index in [0.29, 0.717) is 0 Å². The summed E-state index contributed by atoms with van der Waals surface area (Å²) >= 11 is 1.50. The molecule has 1 aromatic heterocycles. The molecule has 3 amide bonds. The van der Waals surface area contributed by atoms with E-state index in [2.05, 4.69) is 10.3 Å². The SMILES string of the molecule is Cc1csc(C(C)N2CC(=O)NC2=O)n1. The van der Waals surface area contributed by atoms with Crippen LogP contribution in [-0.2, 0) is 4.79 Å². The minimum Gasteiger partial charge on any atom is -0.306 e.